The van der Waals surface area contributed by atoms with Gasteiger partial charge in [0, 0.05) is 11.1 Å². The van der Waals surface area contributed by atoms with Crippen molar-refractivity contribution in [3.05, 3.63) is 33.3 Å². The van der Waals surface area contributed by atoms with Crippen LogP contribution >= 0.6 is 11.6 Å². The van der Waals surface area contributed by atoms with Crippen molar-refractivity contribution in [3.63, 3.8) is 0 Å². The second kappa shape index (κ2) is 4.20. The van der Waals surface area contributed by atoms with Crippen LogP contribution in [0.25, 0.3) is 0 Å². The highest BCUT2D eigenvalue weighted by atomic mass is 35.5. The van der Waals surface area contributed by atoms with Gasteiger partial charge in [-0.25, -0.2) is 0 Å². The van der Waals surface area contributed by atoms with Gasteiger partial charge in [0.15, 0.2) is 5.75 Å². The Morgan fingerprint density at radius 2 is 2.00 bits per heavy atom. The molecule has 0 heterocycles. The molecule has 0 spiro atoms. The monoisotopic (exact) mass is 245 g/mol. The van der Waals surface area contributed by atoms with Gasteiger partial charge in [-0.15, -0.1) is 0 Å². The van der Waals surface area contributed by atoms with Gasteiger partial charge in [0.25, 0.3) is 0 Å². The van der Waals surface area contributed by atoms with Crippen molar-refractivity contribution < 1.29 is 9.35 Å². The van der Waals surface area contributed by atoms with E-state index >= 15 is 0 Å². The summed E-state index contributed by atoms with van der Waals surface area (Å²) in [5, 5.41) is 11.1. The predicted octanol–water partition coefficient (Wildman–Crippen LogP) is 3.46. The number of hydrogen-bond acceptors (Lipinski definition) is 3. The predicted molar refractivity (Wildman–Crippen MR) is 62.1 cm³/mol. The summed E-state index contributed by atoms with van der Waals surface area (Å²) in [5.41, 5.74) is -0.0788. The van der Waals surface area contributed by atoms with Crippen molar-refractivity contribution in [1.82, 2.24) is 0 Å². The lowest BCUT2D eigenvalue weighted by atomic mass is 10.3. The molecule has 0 aromatic heterocycles. The van der Waals surface area contributed by atoms with E-state index in [9.17, 15) is 10.1 Å². The third-order valence-corrected chi connectivity index (χ3v) is 2.60. The van der Waals surface area contributed by atoms with Gasteiger partial charge in [0.1, 0.15) is 0 Å². The minimum absolute atomic E-state index is 0.0788. The second-order valence-corrected chi connectivity index (χ2v) is 8.95. The molecule has 82 valence electrons. The van der Waals surface area contributed by atoms with Crippen LogP contribution in [-0.4, -0.2) is 13.2 Å². The van der Waals surface area contributed by atoms with Crippen LogP contribution in [-0.2, 0) is 0 Å². The van der Waals surface area contributed by atoms with Crippen LogP contribution in [0.2, 0.25) is 24.7 Å². The molecule has 1 aromatic rings. The molecular formula is C9H12ClNO3Si. The Morgan fingerprint density at radius 1 is 1.40 bits per heavy atom. The Morgan fingerprint density at radius 3 is 2.47 bits per heavy atom. The maximum atomic E-state index is 10.7. The van der Waals surface area contributed by atoms with E-state index < -0.39 is 13.2 Å². The van der Waals surface area contributed by atoms with E-state index in [4.69, 9.17) is 16.0 Å². The van der Waals surface area contributed by atoms with Gasteiger partial charge in [0.2, 0.25) is 8.32 Å². The number of nitro benzene ring substituents is 1. The van der Waals surface area contributed by atoms with Crippen LogP contribution in [0.3, 0.4) is 0 Å². The molecule has 0 saturated carbocycles. The highest BCUT2D eigenvalue weighted by Gasteiger charge is 2.22. The smallest absolute Gasteiger partial charge is 0.311 e. The molecule has 0 bridgehead atoms. The fourth-order valence-electron chi connectivity index (χ4n) is 1.05. The van der Waals surface area contributed by atoms with Crippen LogP contribution in [0.1, 0.15) is 0 Å². The molecule has 0 N–H and O–H groups in total. The number of benzene rings is 1. The molecule has 0 fully saturated rings. The first-order valence-electron chi connectivity index (χ1n) is 4.42. The Hall–Kier alpha value is -1.07. The van der Waals surface area contributed by atoms with Crippen LogP contribution in [0.4, 0.5) is 5.69 Å². The van der Waals surface area contributed by atoms with Gasteiger partial charge in [-0.3, -0.25) is 10.1 Å². The lowest BCUT2D eigenvalue weighted by Crippen LogP contribution is -2.29. The molecule has 4 nitrogen and oxygen atoms in total. The number of nitrogens with zero attached hydrogens (tertiary/aromatic N) is 1. The van der Waals surface area contributed by atoms with Crippen LogP contribution in [0.15, 0.2) is 18.2 Å². The molecular weight excluding hydrogens is 234 g/mol. The lowest BCUT2D eigenvalue weighted by Gasteiger charge is -2.18. The van der Waals surface area contributed by atoms with Gasteiger partial charge >= 0.3 is 5.69 Å². The summed E-state index contributed by atoms with van der Waals surface area (Å²) in [6.45, 7) is 5.89. The molecule has 0 aliphatic heterocycles. The van der Waals surface area contributed by atoms with E-state index in [1.54, 1.807) is 12.1 Å². The van der Waals surface area contributed by atoms with Crippen LogP contribution in [0, 0.1) is 10.1 Å². The number of halogens is 1. The molecule has 0 saturated heterocycles. The van der Waals surface area contributed by atoms with E-state index in [1.807, 2.05) is 19.6 Å². The van der Waals surface area contributed by atoms with E-state index in [2.05, 4.69) is 0 Å². The summed E-state index contributed by atoms with van der Waals surface area (Å²) < 4.78 is 5.59. The molecule has 0 unspecified atom stereocenters. The highest BCUT2D eigenvalue weighted by molar-refractivity contribution is 6.70. The van der Waals surface area contributed by atoms with Crippen LogP contribution in [0.5, 0.6) is 5.75 Å². The fourth-order valence-corrected chi connectivity index (χ4v) is 2.05. The summed E-state index contributed by atoms with van der Waals surface area (Å²) >= 11 is 5.68. The quantitative estimate of drug-likeness (QED) is 0.466. The highest BCUT2D eigenvalue weighted by Crippen LogP contribution is 2.31. The summed E-state index contributed by atoms with van der Waals surface area (Å²) in [6, 6.07) is 4.43. The summed E-state index contributed by atoms with van der Waals surface area (Å²) in [4.78, 5) is 10.3. The number of hydrogen-bond donors (Lipinski definition) is 0. The van der Waals surface area contributed by atoms with Crippen LogP contribution < -0.4 is 4.43 Å². The number of rotatable bonds is 3. The average molecular weight is 246 g/mol. The first kappa shape index (κ1) is 12.0. The minimum Gasteiger partial charge on any atom is -0.540 e. The third-order valence-electron chi connectivity index (χ3n) is 1.53. The van der Waals surface area contributed by atoms with Crippen molar-refractivity contribution in [2.24, 2.45) is 0 Å². The van der Waals surface area contributed by atoms with Gasteiger partial charge in [-0.05, 0) is 31.8 Å². The van der Waals surface area contributed by atoms with Gasteiger partial charge < -0.3 is 4.43 Å². The van der Waals surface area contributed by atoms with E-state index in [0.29, 0.717) is 10.8 Å². The average Bonchev–Trinajstić information content (AvgIpc) is 2.05. The zero-order valence-electron chi connectivity index (χ0n) is 8.78. The zero-order valence-corrected chi connectivity index (χ0v) is 10.5. The molecule has 0 amide bonds. The van der Waals surface area contributed by atoms with Crippen molar-refractivity contribution in [1.29, 1.82) is 0 Å². The SMILES string of the molecule is C[Si](C)(C)Oc1ccc(Cl)cc1[N+](=O)[O-]. The third kappa shape index (κ3) is 3.52. The van der Waals surface area contributed by atoms with Crippen molar-refractivity contribution in [3.8, 4) is 5.75 Å². The lowest BCUT2D eigenvalue weighted by molar-refractivity contribution is -0.385. The maximum absolute atomic E-state index is 10.7. The Bertz CT molecular complexity index is 389. The van der Waals surface area contributed by atoms with E-state index in [0.717, 1.165) is 0 Å². The van der Waals surface area contributed by atoms with Crippen molar-refractivity contribution >= 4 is 25.6 Å². The first-order valence-corrected chi connectivity index (χ1v) is 8.21. The van der Waals surface area contributed by atoms with E-state index in [1.165, 1.54) is 6.07 Å². The number of nitro groups is 1. The minimum atomic E-state index is -1.84. The normalized spacial score (nSPS) is 11.2. The molecule has 0 atom stereocenters. The zero-order chi connectivity index (χ0) is 11.6. The standard InChI is InChI=1S/C9H12ClNO3Si/c1-15(2,3)14-9-5-4-7(10)6-8(9)11(12)13/h4-6H,1-3H3. The maximum Gasteiger partial charge on any atom is 0.311 e. The molecule has 15 heavy (non-hydrogen) atoms. The molecule has 0 aliphatic rings. The topological polar surface area (TPSA) is 52.4 Å². The summed E-state index contributed by atoms with van der Waals surface area (Å²) in [6.07, 6.45) is 0. The van der Waals surface area contributed by atoms with Crippen molar-refractivity contribution in [2.75, 3.05) is 0 Å². The molecule has 0 radical (unpaired) electrons. The molecule has 0 aliphatic carbocycles. The Kier molecular flexibility index (Phi) is 3.36. The molecule has 1 aromatic carbocycles. The Labute approximate surface area is 94.1 Å². The van der Waals surface area contributed by atoms with Gasteiger partial charge in [0.05, 0.1) is 4.92 Å². The Balaban J connectivity index is 3.12. The van der Waals surface area contributed by atoms with E-state index in [-0.39, 0.29) is 5.69 Å². The molecule has 1 rings (SSSR count). The second-order valence-electron chi connectivity index (χ2n) is 4.08. The van der Waals surface area contributed by atoms with Gasteiger partial charge in [-0.2, -0.15) is 0 Å². The summed E-state index contributed by atoms with van der Waals surface area (Å²) in [5.74, 6) is 0.295. The summed E-state index contributed by atoms with van der Waals surface area (Å²) in [7, 11) is -1.84. The molecule has 6 heteroatoms. The van der Waals surface area contributed by atoms with Crippen molar-refractivity contribution in [2.45, 2.75) is 19.6 Å². The first-order chi connectivity index (χ1) is 6.79. The largest absolute Gasteiger partial charge is 0.540 e. The van der Waals surface area contributed by atoms with Gasteiger partial charge in [-0.1, -0.05) is 11.6 Å². The fraction of sp³-hybridized carbons (Fsp3) is 0.333.